The van der Waals surface area contributed by atoms with Crippen LogP contribution in [0, 0.1) is 5.82 Å². The molecule has 1 saturated heterocycles. The molecule has 0 radical (unpaired) electrons. The van der Waals surface area contributed by atoms with Gasteiger partial charge in [-0.15, -0.1) is 0 Å². The van der Waals surface area contributed by atoms with Crippen LogP contribution in [0.25, 0.3) is 0 Å². The summed E-state index contributed by atoms with van der Waals surface area (Å²) in [7, 11) is 0. The molecule has 0 saturated carbocycles. The molecule has 3 nitrogen and oxygen atoms in total. The third kappa shape index (κ3) is 5.29. The van der Waals surface area contributed by atoms with E-state index < -0.39 is 0 Å². The van der Waals surface area contributed by atoms with Crippen LogP contribution in [0.3, 0.4) is 0 Å². The normalized spacial score (nSPS) is 16.1. The lowest BCUT2D eigenvalue weighted by Crippen LogP contribution is -2.34. The molecule has 1 fully saturated rings. The van der Waals surface area contributed by atoms with Gasteiger partial charge >= 0.3 is 0 Å². The zero-order valence-corrected chi connectivity index (χ0v) is 11.9. The largest absolute Gasteiger partial charge is 0.356 e. The van der Waals surface area contributed by atoms with E-state index in [-0.39, 0.29) is 11.7 Å². The first-order valence-electron chi connectivity index (χ1n) is 7.47. The number of rotatable bonds is 6. The second-order valence-corrected chi connectivity index (χ2v) is 5.38. The van der Waals surface area contributed by atoms with Crippen LogP contribution in [-0.2, 0) is 11.2 Å². The van der Waals surface area contributed by atoms with Crippen molar-refractivity contribution in [1.82, 2.24) is 10.2 Å². The lowest BCUT2D eigenvalue weighted by atomic mass is 10.1. The standard InChI is InChI=1S/C16H23FN2O/c17-15-6-4-14(5-7-15)8-10-18-16(20)9-13-19-11-2-1-3-12-19/h4-7H,1-3,8-13H2,(H,18,20). The van der Waals surface area contributed by atoms with Crippen LogP contribution in [0.4, 0.5) is 4.39 Å². The lowest BCUT2D eigenvalue weighted by Gasteiger charge is -2.25. The summed E-state index contributed by atoms with van der Waals surface area (Å²) >= 11 is 0. The first kappa shape index (κ1) is 15.0. The predicted molar refractivity (Wildman–Crippen MR) is 78.0 cm³/mol. The van der Waals surface area contributed by atoms with Gasteiger partial charge < -0.3 is 10.2 Å². The Morgan fingerprint density at radius 1 is 1.15 bits per heavy atom. The number of carbonyl (C=O) groups is 1. The molecule has 110 valence electrons. The molecule has 20 heavy (non-hydrogen) atoms. The first-order valence-corrected chi connectivity index (χ1v) is 7.47. The Hall–Kier alpha value is -1.42. The number of hydrogen-bond acceptors (Lipinski definition) is 2. The number of likely N-dealkylation sites (tertiary alicyclic amines) is 1. The molecule has 1 aliphatic rings. The van der Waals surface area contributed by atoms with Crippen molar-refractivity contribution in [2.45, 2.75) is 32.1 Å². The number of amides is 1. The van der Waals surface area contributed by atoms with E-state index in [9.17, 15) is 9.18 Å². The van der Waals surface area contributed by atoms with Gasteiger partial charge in [0, 0.05) is 19.5 Å². The molecule has 0 atom stereocenters. The van der Waals surface area contributed by atoms with Crippen LogP contribution in [-0.4, -0.2) is 37.0 Å². The van der Waals surface area contributed by atoms with E-state index >= 15 is 0 Å². The fraction of sp³-hybridized carbons (Fsp3) is 0.562. The minimum Gasteiger partial charge on any atom is -0.356 e. The van der Waals surface area contributed by atoms with Gasteiger partial charge in [-0.3, -0.25) is 4.79 Å². The van der Waals surface area contributed by atoms with Crippen molar-refractivity contribution in [2.75, 3.05) is 26.2 Å². The maximum absolute atomic E-state index is 12.7. The molecule has 0 bridgehead atoms. The number of halogens is 1. The maximum Gasteiger partial charge on any atom is 0.221 e. The highest BCUT2D eigenvalue weighted by Crippen LogP contribution is 2.08. The van der Waals surface area contributed by atoms with Crippen molar-refractivity contribution in [2.24, 2.45) is 0 Å². The molecule has 0 unspecified atom stereocenters. The molecular weight excluding hydrogens is 255 g/mol. The predicted octanol–water partition coefficient (Wildman–Crippen LogP) is 2.36. The van der Waals surface area contributed by atoms with Crippen LogP contribution < -0.4 is 5.32 Å². The number of carbonyl (C=O) groups excluding carboxylic acids is 1. The van der Waals surface area contributed by atoms with E-state index in [0.29, 0.717) is 13.0 Å². The Bertz CT molecular complexity index is 413. The molecule has 2 rings (SSSR count). The van der Waals surface area contributed by atoms with Crippen LogP contribution >= 0.6 is 0 Å². The number of benzene rings is 1. The smallest absolute Gasteiger partial charge is 0.221 e. The Morgan fingerprint density at radius 2 is 1.85 bits per heavy atom. The van der Waals surface area contributed by atoms with Crippen LogP contribution in [0.5, 0.6) is 0 Å². The highest BCUT2D eigenvalue weighted by Gasteiger charge is 2.11. The minimum atomic E-state index is -0.223. The monoisotopic (exact) mass is 278 g/mol. The highest BCUT2D eigenvalue weighted by atomic mass is 19.1. The van der Waals surface area contributed by atoms with Crippen LogP contribution in [0.2, 0.25) is 0 Å². The summed E-state index contributed by atoms with van der Waals surface area (Å²) in [4.78, 5) is 14.1. The molecule has 1 aromatic carbocycles. The number of hydrogen-bond donors (Lipinski definition) is 1. The Kier molecular flexibility index (Phi) is 5.99. The topological polar surface area (TPSA) is 32.3 Å². The summed E-state index contributed by atoms with van der Waals surface area (Å²) in [6.07, 6.45) is 5.15. The molecule has 0 aromatic heterocycles. The van der Waals surface area contributed by atoms with E-state index in [1.807, 2.05) is 0 Å². The van der Waals surface area contributed by atoms with Gasteiger partial charge in [0.1, 0.15) is 5.82 Å². The Morgan fingerprint density at radius 3 is 2.55 bits per heavy atom. The molecule has 1 aromatic rings. The van der Waals surface area contributed by atoms with Crippen molar-refractivity contribution >= 4 is 5.91 Å². The summed E-state index contributed by atoms with van der Waals surface area (Å²) in [5.74, 6) is -0.114. The molecule has 1 heterocycles. The molecule has 0 aliphatic carbocycles. The lowest BCUT2D eigenvalue weighted by molar-refractivity contribution is -0.121. The van der Waals surface area contributed by atoms with Gasteiger partial charge in [0.05, 0.1) is 0 Å². The SMILES string of the molecule is O=C(CCN1CCCCC1)NCCc1ccc(F)cc1. The van der Waals surface area contributed by atoms with E-state index in [1.165, 1.54) is 31.4 Å². The average Bonchev–Trinajstić information content (AvgIpc) is 2.48. The van der Waals surface area contributed by atoms with E-state index in [1.54, 1.807) is 12.1 Å². The molecule has 1 N–H and O–H groups in total. The van der Waals surface area contributed by atoms with Crippen molar-refractivity contribution in [1.29, 1.82) is 0 Å². The van der Waals surface area contributed by atoms with E-state index in [0.717, 1.165) is 31.6 Å². The Labute approximate surface area is 120 Å². The summed E-state index contributed by atoms with van der Waals surface area (Å²) in [5, 5.41) is 2.93. The van der Waals surface area contributed by atoms with Gasteiger partial charge in [0.2, 0.25) is 5.91 Å². The van der Waals surface area contributed by atoms with Gasteiger partial charge in [0.25, 0.3) is 0 Å². The molecule has 4 heteroatoms. The summed E-state index contributed by atoms with van der Waals surface area (Å²) in [6, 6.07) is 6.42. The van der Waals surface area contributed by atoms with Crippen molar-refractivity contribution in [3.8, 4) is 0 Å². The third-order valence-corrected chi connectivity index (χ3v) is 3.75. The quantitative estimate of drug-likeness (QED) is 0.866. The summed E-state index contributed by atoms with van der Waals surface area (Å²) < 4.78 is 12.7. The van der Waals surface area contributed by atoms with E-state index in [2.05, 4.69) is 10.2 Å². The van der Waals surface area contributed by atoms with Crippen molar-refractivity contribution in [3.05, 3.63) is 35.6 Å². The van der Waals surface area contributed by atoms with Crippen LogP contribution in [0.1, 0.15) is 31.2 Å². The molecular formula is C16H23FN2O. The second kappa shape index (κ2) is 8.00. The summed E-state index contributed by atoms with van der Waals surface area (Å²) in [6.45, 7) is 3.73. The average molecular weight is 278 g/mol. The Balaban J connectivity index is 1.58. The molecule has 1 aliphatic heterocycles. The first-order chi connectivity index (χ1) is 9.74. The molecule has 1 amide bonds. The van der Waals surface area contributed by atoms with Gasteiger partial charge in [-0.2, -0.15) is 0 Å². The highest BCUT2D eigenvalue weighted by molar-refractivity contribution is 5.76. The van der Waals surface area contributed by atoms with E-state index in [4.69, 9.17) is 0 Å². The van der Waals surface area contributed by atoms with Gasteiger partial charge in [-0.25, -0.2) is 4.39 Å². The fourth-order valence-corrected chi connectivity index (χ4v) is 2.53. The van der Waals surface area contributed by atoms with Gasteiger partial charge in [0.15, 0.2) is 0 Å². The number of nitrogens with one attached hydrogen (secondary N) is 1. The van der Waals surface area contributed by atoms with Gasteiger partial charge in [-0.1, -0.05) is 18.6 Å². The van der Waals surface area contributed by atoms with Crippen molar-refractivity contribution in [3.63, 3.8) is 0 Å². The molecule has 0 spiro atoms. The number of nitrogens with zero attached hydrogens (tertiary/aromatic N) is 1. The zero-order valence-electron chi connectivity index (χ0n) is 11.9. The minimum absolute atomic E-state index is 0.109. The zero-order chi connectivity index (χ0) is 14.2. The fourth-order valence-electron chi connectivity index (χ4n) is 2.53. The van der Waals surface area contributed by atoms with Crippen LogP contribution in [0.15, 0.2) is 24.3 Å². The summed E-state index contributed by atoms with van der Waals surface area (Å²) in [5.41, 5.74) is 1.04. The number of piperidine rings is 1. The second-order valence-electron chi connectivity index (χ2n) is 5.38. The van der Waals surface area contributed by atoms with Gasteiger partial charge in [-0.05, 0) is 50.0 Å². The maximum atomic E-state index is 12.7. The van der Waals surface area contributed by atoms with Crippen molar-refractivity contribution < 1.29 is 9.18 Å². The third-order valence-electron chi connectivity index (χ3n) is 3.75.